The molecule has 0 fully saturated rings. The molecule has 1 rings (SSSR count). The lowest BCUT2D eigenvalue weighted by Gasteiger charge is -2.07. The Morgan fingerprint density at radius 1 is 1.44 bits per heavy atom. The summed E-state index contributed by atoms with van der Waals surface area (Å²) in [7, 11) is 0. The number of nitrogens with two attached hydrogens (primary N) is 1. The first kappa shape index (κ1) is 12.8. The molecule has 0 radical (unpaired) electrons. The van der Waals surface area contributed by atoms with Crippen LogP contribution in [0, 0.1) is 18.3 Å². The van der Waals surface area contributed by atoms with E-state index in [1.54, 1.807) is 0 Å². The Balaban J connectivity index is 3.22. The van der Waals surface area contributed by atoms with Crippen molar-refractivity contribution in [3.05, 3.63) is 39.4 Å². The van der Waals surface area contributed by atoms with E-state index >= 15 is 0 Å². The molecule has 84 valence electrons. The highest BCUT2D eigenvalue weighted by molar-refractivity contribution is 9.10. The van der Waals surface area contributed by atoms with Gasteiger partial charge in [-0.25, -0.2) is 0 Å². The predicted octanol–water partition coefficient (Wildman–Crippen LogP) is 3.75. The monoisotopic (exact) mass is 278 g/mol. The molecule has 0 unspecified atom stereocenters. The Labute approximate surface area is 105 Å². The molecule has 0 aliphatic rings. The van der Waals surface area contributed by atoms with Gasteiger partial charge in [0.1, 0.15) is 0 Å². The van der Waals surface area contributed by atoms with Crippen LogP contribution in [0.4, 0.5) is 0 Å². The summed E-state index contributed by atoms with van der Waals surface area (Å²) in [6.07, 6.45) is 1.66. The van der Waals surface area contributed by atoms with Gasteiger partial charge >= 0.3 is 0 Å². The van der Waals surface area contributed by atoms with Gasteiger partial charge in [0.25, 0.3) is 0 Å². The number of rotatable bonds is 3. The Bertz CT molecular complexity index is 435. The highest BCUT2D eigenvalue weighted by Gasteiger charge is 2.06. The van der Waals surface area contributed by atoms with Gasteiger partial charge in [0.2, 0.25) is 0 Å². The van der Waals surface area contributed by atoms with Crippen LogP contribution in [0.2, 0.25) is 0 Å². The molecule has 0 heterocycles. The van der Waals surface area contributed by atoms with Gasteiger partial charge < -0.3 is 5.73 Å². The van der Waals surface area contributed by atoms with Gasteiger partial charge in [0.05, 0.1) is 17.3 Å². The van der Waals surface area contributed by atoms with Crippen molar-refractivity contribution in [1.82, 2.24) is 0 Å². The van der Waals surface area contributed by atoms with Gasteiger partial charge in [-0.05, 0) is 42.7 Å². The van der Waals surface area contributed by atoms with Crippen molar-refractivity contribution >= 4 is 21.6 Å². The number of hydrogen-bond donors (Lipinski definition) is 1. The normalized spacial score (nSPS) is 11.9. The van der Waals surface area contributed by atoms with E-state index < -0.39 is 0 Å². The Morgan fingerprint density at radius 3 is 2.62 bits per heavy atom. The molecule has 0 saturated heterocycles. The number of aryl methyl sites for hydroxylation is 1. The molecule has 16 heavy (non-hydrogen) atoms. The van der Waals surface area contributed by atoms with Crippen LogP contribution in [0.25, 0.3) is 5.70 Å². The van der Waals surface area contributed by atoms with E-state index in [0.717, 1.165) is 28.4 Å². The number of halogens is 1. The molecule has 1 aromatic rings. The van der Waals surface area contributed by atoms with Crippen LogP contribution in [0.1, 0.15) is 30.9 Å². The first-order valence-electron chi connectivity index (χ1n) is 5.24. The van der Waals surface area contributed by atoms with Gasteiger partial charge in [-0.2, -0.15) is 5.26 Å². The molecule has 0 amide bonds. The van der Waals surface area contributed by atoms with Crippen molar-refractivity contribution in [3.63, 3.8) is 0 Å². The Morgan fingerprint density at radius 2 is 2.12 bits per heavy atom. The van der Waals surface area contributed by atoms with Crippen molar-refractivity contribution in [1.29, 1.82) is 5.26 Å². The lowest BCUT2D eigenvalue weighted by molar-refractivity contribution is 0.929. The predicted molar refractivity (Wildman–Crippen MR) is 70.5 cm³/mol. The molecule has 1 aromatic carbocycles. The third-order valence-corrected chi connectivity index (χ3v) is 2.77. The maximum absolute atomic E-state index is 9.03. The van der Waals surface area contributed by atoms with E-state index in [4.69, 9.17) is 11.0 Å². The fourth-order valence-electron chi connectivity index (χ4n) is 1.57. The molecule has 0 saturated carbocycles. The molecule has 3 heteroatoms. The summed E-state index contributed by atoms with van der Waals surface area (Å²) in [5.41, 5.74) is 9.31. The second kappa shape index (κ2) is 5.72. The van der Waals surface area contributed by atoms with Crippen molar-refractivity contribution in [2.45, 2.75) is 26.7 Å². The van der Waals surface area contributed by atoms with Crippen LogP contribution in [-0.4, -0.2) is 0 Å². The largest absolute Gasteiger partial charge is 0.397 e. The molecule has 0 atom stereocenters. The first-order chi connectivity index (χ1) is 7.58. The van der Waals surface area contributed by atoms with Crippen molar-refractivity contribution in [3.8, 4) is 6.07 Å². The lowest BCUT2D eigenvalue weighted by Crippen LogP contribution is -2.01. The van der Waals surface area contributed by atoms with Crippen molar-refractivity contribution in [2.24, 2.45) is 5.73 Å². The molecule has 2 N–H and O–H groups in total. The van der Waals surface area contributed by atoms with Crippen LogP contribution in [0.5, 0.6) is 0 Å². The van der Waals surface area contributed by atoms with E-state index in [-0.39, 0.29) is 0 Å². The number of allylic oxidation sites excluding steroid dienone is 1. The number of nitrogens with zero attached hydrogens (tertiary/aromatic N) is 1. The summed E-state index contributed by atoms with van der Waals surface area (Å²) >= 11 is 3.43. The van der Waals surface area contributed by atoms with Gasteiger partial charge in [-0.3, -0.25) is 0 Å². The topological polar surface area (TPSA) is 49.8 Å². The average Bonchev–Trinajstić information content (AvgIpc) is 2.23. The van der Waals surface area contributed by atoms with Crippen molar-refractivity contribution in [2.75, 3.05) is 0 Å². The third kappa shape index (κ3) is 3.11. The molecule has 0 aliphatic carbocycles. The zero-order chi connectivity index (χ0) is 12.1. The van der Waals surface area contributed by atoms with E-state index in [0.29, 0.717) is 11.3 Å². The quantitative estimate of drug-likeness (QED) is 0.856. The van der Waals surface area contributed by atoms with Crippen LogP contribution in [-0.2, 0) is 0 Å². The van der Waals surface area contributed by atoms with E-state index in [9.17, 15) is 0 Å². The number of nitriles is 1. The average molecular weight is 279 g/mol. The highest BCUT2D eigenvalue weighted by atomic mass is 79.9. The molecular weight excluding hydrogens is 264 g/mol. The smallest absolute Gasteiger partial charge is 0.0968 e. The lowest BCUT2D eigenvalue weighted by atomic mass is 10.0. The summed E-state index contributed by atoms with van der Waals surface area (Å²) in [6, 6.07) is 8.13. The number of benzene rings is 1. The maximum atomic E-state index is 9.03. The summed E-state index contributed by atoms with van der Waals surface area (Å²) in [5, 5.41) is 9.03. The summed E-state index contributed by atoms with van der Waals surface area (Å²) in [5.74, 6) is 0. The number of hydrogen-bond acceptors (Lipinski definition) is 2. The highest BCUT2D eigenvalue weighted by Crippen LogP contribution is 2.22. The molecule has 2 nitrogen and oxygen atoms in total. The molecule has 0 spiro atoms. The van der Waals surface area contributed by atoms with Crippen LogP contribution in [0.3, 0.4) is 0 Å². The SMILES string of the molecule is CCC/C(C#N)=C(/N)c1cc(C)cc(Br)c1. The zero-order valence-electron chi connectivity index (χ0n) is 9.55. The minimum atomic E-state index is 0.591. The molecular formula is C13H15BrN2. The first-order valence-corrected chi connectivity index (χ1v) is 6.04. The maximum Gasteiger partial charge on any atom is 0.0968 e. The Hall–Kier alpha value is -1.27. The molecule has 0 aliphatic heterocycles. The van der Waals surface area contributed by atoms with E-state index in [1.165, 1.54) is 0 Å². The van der Waals surface area contributed by atoms with Gasteiger partial charge in [-0.1, -0.05) is 29.3 Å². The standard InChI is InChI=1S/C13H15BrN2/c1-3-4-10(8-15)13(16)11-5-9(2)6-12(14)7-11/h5-7H,3-4,16H2,1-2H3/b13-10-. The fourth-order valence-corrected chi connectivity index (χ4v) is 2.17. The van der Waals surface area contributed by atoms with Gasteiger partial charge in [-0.15, -0.1) is 0 Å². The fraction of sp³-hybridized carbons (Fsp3) is 0.308. The zero-order valence-corrected chi connectivity index (χ0v) is 11.1. The summed E-state index contributed by atoms with van der Waals surface area (Å²) in [4.78, 5) is 0. The van der Waals surface area contributed by atoms with E-state index in [2.05, 4.69) is 22.0 Å². The minimum Gasteiger partial charge on any atom is -0.397 e. The van der Waals surface area contributed by atoms with Crippen LogP contribution in [0.15, 0.2) is 28.2 Å². The summed E-state index contributed by atoms with van der Waals surface area (Å²) in [6.45, 7) is 4.05. The van der Waals surface area contributed by atoms with Crippen LogP contribution >= 0.6 is 15.9 Å². The van der Waals surface area contributed by atoms with E-state index in [1.807, 2.05) is 32.0 Å². The third-order valence-electron chi connectivity index (χ3n) is 2.31. The second-order valence-corrected chi connectivity index (χ2v) is 4.69. The second-order valence-electron chi connectivity index (χ2n) is 3.77. The Kier molecular flexibility index (Phi) is 4.57. The van der Waals surface area contributed by atoms with Crippen molar-refractivity contribution < 1.29 is 0 Å². The summed E-state index contributed by atoms with van der Waals surface area (Å²) < 4.78 is 0.985. The minimum absolute atomic E-state index is 0.591. The van der Waals surface area contributed by atoms with Crippen LogP contribution < -0.4 is 5.73 Å². The molecule has 0 bridgehead atoms. The van der Waals surface area contributed by atoms with Gasteiger partial charge in [0.15, 0.2) is 0 Å². The molecule has 0 aromatic heterocycles. The van der Waals surface area contributed by atoms with Gasteiger partial charge in [0, 0.05) is 4.47 Å².